The van der Waals surface area contributed by atoms with Crippen molar-refractivity contribution in [3.05, 3.63) is 59.2 Å². The van der Waals surface area contributed by atoms with Gasteiger partial charge >= 0.3 is 0 Å². The molecule has 0 radical (unpaired) electrons. The second-order valence-electron chi connectivity index (χ2n) is 5.64. The highest BCUT2D eigenvalue weighted by atomic mass is 16.6. The molecule has 25 heavy (non-hydrogen) atoms. The fraction of sp³-hybridized carbons (Fsp3) is 0.300. The maximum atomic E-state index is 12.3. The van der Waals surface area contributed by atoms with E-state index in [1.807, 2.05) is 63.2 Å². The van der Waals surface area contributed by atoms with E-state index in [0.717, 1.165) is 28.1 Å². The average Bonchev–Trinajstić information content (AvgIpc) is 2.61. The Morgan fingerprint density at radius 2 is 1.80 bits per heavy atom. The molecule has 5 heteroatoms. The summed E-state index contributed by atoms with van der Waals surface area (Å²) in [6.07, 6.45) is 1.17. The van der Waals surface area contributed by atoms with E-state index in [-0.39, 0.29) is 5.91 Å². The Balaban J connectivity index is 2.25. The Labute approximate surface area is 148 Å². The van der Waals surface area contributed by atoms with Gasteiger partial charge in [-0.15, -0.1) is 0 Å². The third kappa shape index (κ3) is 4.59. The van der Waals surface area contributed by atoms with Crippen LogP contribution in [-0.4, -0.2) is 25.8 Å². The van der Waals surface area contributed by atoms with Crippen molar-refractivity contribution in [2.45, 2.75) is 27.4 Å². The van der Waals surface area contributed by atoms with Gasteiger partial charge in [-0.2, -0.15) is 0 Å². The van der Waals surface area contributed by atoms with Crippen molar-refractivity contribution >= 4 is 17.8 Å². The fourth-order valence-corrected chi connectivity index (χ4v) is 2.69. The van der Waals surface area contributed by atoms with Crippen LogP contribution in [0.2, 0.25) is 0 Å². The fourth-order valence-electron chi connectivity index (χ4n) is 2.69. The highest BCUT2D eigenvalue weighted by molar-refractivity contribution is 6.32. The number of amides is 1. The highest BCUT2D eigenvalue weighted by Gasteiger charge is 2.16. The van der Waals surface area contributed by atoms with Crippen LogP contribution in [0, 0.1) is 13.8 Å². The molecule has 2 aromatic rings. The number of hydrogen-bond acceptors (Lipinski definition) is 4. The van der Waals surface area contributed by atoms with Gasteiger partial charge in [0.05, 0.1) is 5.69 Å². The van der Waals surface area contributed by atoms with E-state index < -0.39 is 0 Å². The van der Waals surface area contributed by atoms with E-state index in [1.165, 1.54) is 13.3 Å². The number of benzene rings is 2. The van der Waals surface area contributed by atoms with Crippen molar-refractivity contribution in [3.63, 3.8) is 0 Å². The third-order valence-corrected chi connectivity index (χ3v) is 3.91. The SMILES string of the molecule is CCN(C(=O)C=NOC)c1ccccc1COc1c(C)cccc1C. The second-order valence-corrected chi connectivity index (χ2v) is 5.64. The largest absolute Gasteiger partial charge is 0.488 e. The van der Waals surface area contributed by atoms with Gasteiger partial charge in [-0.1, -0.05) is 41.6 Å². The molecular formula is C20H24N2O3. The van der Waals surface area contributed by atoms with Crippen LogP contribution in [0.25, 0.3) is 0 Å². The average molecular weight is 340 g/mol. The van der Waals surface area contributed by atoms with Gasteiger partial charge in [-0.3, -0.25) is 4.79 Å². The first-order valence-corrected chi connectivity index (χ1v) is 8.23. The van der Waals surface area contributed by atoms with Crippen molar-refractivity contribution < 1.29 is 14.4 Å². The van der Waals surface area contributed by atoms with Gasteiger partial charge in [0.25, 0.3) is 5.91 Å². The van der Waals surface area contributed by atoms with E-state index in [0.29, 0.717) is 13.2 Å². The molecule has 0 fully saturated rings. The maximum Gasteiger partial charge on any atom is 0.272 e. The van der Waals surface area contributed by atoms with Gasteiger partial charge < -0.3 is 14.5 Å². The van der Waals surface area contributed by atoms with E-state index in [4.69, 9.17) is 4.74 Å². The minimum Gasteiger partial charge on any atom is -0.488 e. The molecule has 0 aromatic heterocycles. The number of oxime groups is 1. The summed E-state index contributed by atoms with van der Waals surface area (Å²) < 4.78 is 6.05. The number of anilines is 1. The molecule has 0 heterocycles. The third-order valence-electron chi connectivity index (χ3n) is 3.91. The standard InChI is InChI=1S/C20H24N2O3/c1-5-22(19(23)13-21-24-4)18-12-7-6-11-17(18)14-25-20-15(2)9-8-10-16(20)3/h6-13H,5,14H2,1-4H3. The number of ether oxygens (including phenoxy) is 1. The molecule has 132 valence electrons. The lowest BCUT2D eigenvalue weighted by atomic mass is 10.1. The van der Waals surface area contributed by atoms with Crippen LogP contribution in [-0.2, 0) is 16.2 Å². The summed E-state index contributed by atoms with van der Waals surface area (Å²) in [6, 6.07) is 13.8. The normalized spacial score (nSPS) is 10.7. The minimum absolute atomic E-state index is 0.233. The van der Waals surface area contributed by atoms with Gasteiger partial charge in [-0.05, 0) is 38.0 Å². The molecule has 0 bridgehead atoms. The first-order chi connectivity index (χ1) is 12.1. The Hall–Kier alpha value is -2.82. The van der Waals surface area contributed by atoms with E-state index in [1.54, 1.807) is 4.90 Å². The molecule has 0 aliphatic rings. The van der Waals surface area contributed by atoms with Crippen LogP contribution in [0.3, 0.4) is 0 Å². The van der Waals surface area contributed by atoms with Gasteiger partial charge in [0, 0.05) is 12.1 Å². The Morgan fingerprint density at radius 3 is 2.44 bits per heavy atom. The first-order valence-electron chi connectivity index (χ1n) is 8.23. The molecule has 0 N–H and O–H groups in total. The second kappa shape index (κ2) is 8.87. The van der Waals surface area contributed by atoms with Crippen LogP contribution < -0.4 is 9.64 Å². The molecule has 0 aliphatic carbocycles. The molecular weight excluding hydrogens is 316 g/mol. The number of carbonyl (C=O) groups is 1. The van der Waals surface area contributed by atoms with Crippen molar-refractivity contribution in [3.8, 4) is 5.75 Å². The summed E-state index contributed by atoms with van der Waals surface area (Å²) in [5.41, 5.74) is 3.93. The summed E-state index contributed by atoms with van der Waals surface area (Å²) in [5, 5.41) is 3.57. The Morgan fingerprint density at radius 1 is 1.12 bits per heavy atom. The first kappa shape index (κ1) is 18.5. The molecule has 0 aliphatic heterocycles. The maximum absolute atomic E-state index is 12.3. The molecule has 1 amide bonds. The van der Waals surface area contributed by atoms with Crippen LogP contribution in [0.15, 0.2) is 47.6 Å². The molecule has 5 nitrogen and oxygen atoms in total. The number of nitrogens with zero attached hydrogens (tertiary/aromatic N) is 2. The number of hydrogen-bond donors (Lipinski definition) is 0. The summed E-state index contributed by atoms with van der Waals surface area (Å²) >= 11 is 0. The van der Waals surface area contributed by atoms with E-state index in [2.05, 4.69) is 9.99 Å². The molecule has 0 saturated carbocycles. The van der Waals surface area contributed by atoms with Crippen LogP contribution in [0.5, 0.6) is 5.75 Å². The molecule has 0 saturated heterocycles. The quantitative estimate of drug-likeness (QED) is 0.568. The summed E-state index contributed by atoms with van der Waals surface area (Å²) in [4.78, 5) is 18.6. The lowest BCUT2D eigenvalue weighted by Gasteiger charge is -2.22. The van der Waals surface area contributed by atoms with Gasteiger partial charge in [-0.25, -0.2) is 0 Å². The van der Waals surface area contributed by atoms with Crippen molar-refractivity contribution in [2.75, 3.05) is 18.6 Å². The van der Waals surface area contributed by atoms with Gasteiger partial charge in [0.15, 0.2) is 0 Å². The summed E-state index contributed by atoms with van der Waals surface area (Å²) in [6.45, 7) is 6.87. The van der Waals surface area contributed by atoms with Gasteiger partial charge in [0.2, 0.25) is 0 Å². The smallest absolute Gasteiger partial charge is 0.272 e. The Kier molecular flexibility index (Phi) is 6.57. The van der Waals surface area contributed by atoms with Crippen molar-refractivity contribution in [1.82, 2.24) is 0 Å². The monoisotopic (exact) mass is 340 g/mol. The van der Waals surface area contributed by atoms with Crippen LogP contribution in [0.1, 0.15) is 23.6 Å². The minimum atomic E-state index is -0.233. The van der Waals surface area contributed by atoms with Gasteiger partial charge in [0.1, 0.15) is 25.7 Å². The molecule has 2 rings (SSSR count). The summed E-state index contributed by atoms with van der Waals surface area (Å²) in [7, 11) is 1.41. The van der Waals surface area contributed by atoms with Crippen LogP contribution >= 0.6 is 0 Å². The topological polar surface area (TPSA) is 51.1 Å². The lowest BCUT2D eigenvalue weighted by Crippen LogP contribution is -2.32. The lowest BCUT2D eigenvalue weighted by molar-refractivity contribution is -0.112. The summed E-state index contributed by atoms with van der Waals surface area (Å²) in [5.74, 6) is 0.650. The van der Waals surface area contributed by atoms with E-state index in [9.17, 15) is 4.79 Å². The number of rotatable bonds is 7. The van der Waals surface area contributed by atoms with Crippen LogP contribution in [0.4, 0.5) is 5.69 Å². The zero-order chi connectivity index (χ0) is 18.2. The predicted molar refractivity (Wildman–Crippen MR) is 100 cm³/mol. The Bertz CT molecular complexity index is 736. The number of para-hydroxylation sites is 2. The van der Waals surface area contributed by atoms with E-state index >= 15 is 0 Å². The predicted octanol–water partition coefficient (Wildman–Crippen LogP) is 3.87. The zero-order valence-electron chi connectivity index (χ0n) is 15.2. The molecule has 0 spiro atoms. The molecule has 0 atom stereocenters. The number of aryl methyl sites for hydroxylation is 2. The zero-order valence-corrected chi connectivity index (χ0v) is 15.2. The highest BCUT2D eigenvalue weighted by Crippen LogP contribution is 2.26. The van der Waals surface area contributed by atoms with Crippen molar-refractivity contribution in [2.24, 2.45) is 5.16 Å². The van der Waals surface area contributed by atoms with Crippen molar-refractivity contribution in [1.29, 1.82) is 0 Å². The molecule has 2 aromatic carbocycles. The molecule has 0 unspecified atom stereocenters. The number of carbonyl (C=O) groups excluding carboxylic acids is 1.